The van der Waals surface area contributed by atoms with Crippen LogP contribution in [0.1, 0.15) is 12.6 Å². The second-order valence-electron chi connectivity index (χ2n) is 4.69. The van der Waals surface area contributed by atoms with Crippen molar-refractivity contribution in [1.82, 2.24) is 9.88 Å². The third-order valence-corrected chi connectivity index (χ3v) is 3.28. The Morgan fingerprint density at radius 2 is 2.33 bits per heavy atom. The Hall–Kier alpha value is -1.82. The Labute approximate surface area is 107 Å². The van der Waals surface area contributed by atoms with Crippen LogP contribution < -0.4 is 10.6 Å². The number of nitrogens with zero attached hydrogens (tertiary/aromatic N) is 4. The molecule has 1 fully saturated rings. The van der Waals surface area contributed by atoms with Gasteiger partial charge in [-0.25, -0.2) is 0 Å². The lowest BCUT2D eigenvalue weighted by molar-refractivity contribution is 0.275. The van der Waals surface area contributed by atoms with E-state index < -0.39 is 0 Å². The molecular weight excluding hydrogens is 230 g/mol. The second kappa shape index (κ2) is 5.22. The predicted molar refractivity (Wildman–Crippen MR) is 71.1 cm³/mol. The quantitative estimate of drug-likeness (QED) is 0.341. The Morgan fingerprint density at radius 3 is 3.00 bits per heavy atom. The summed E-state index contributed by atoms with van der Waals surface area (Å²) >= 11 is 0. The van der Waals surface area contributed by atoms with E-state index in [0.717, 1.165) is 25.3 Å². The molecule has 98 valence electrons. The van der Waals surface area contributed by atoms with Gasteiger partial charge in [0.05, 0.1) is 0 Å². The number of likely N-dealkylation sites (N-methyl/N-ethyl adjacent to an activating group) is 1. The van der Waals surface area contributed by atoms with Gasteiger partial charge in [0.15, 0.2) is 5.84 Å². The summed E-state index contributed by atoms with van der Waals surface area (Å²) in [5.41, 5.74) is 7.12. The lowest BCUT2D eigenvalue weighted by atomic mass is 10.1. The maximum Gasteiger partial charge on any atom is 0.188 e. The molecule has 0 aliphatic carbocycles. The summed E-state index contributed by atoms with van der Waals surface area (Å²) in [6.07, 6.45) is 1.69. The summed E-state index contributed by atoms with van der Waals surface area (Å²) in [7, 11) is 2.13. The van der Waals surface area contributed by atoms with Crippen LogP contribution in [0.4, 0.5) is 5.69 Å². The van der Waals surface area contributed by atoms with Crippen LogP contribution >= 0.6 is 0 Å². The lowest BCUT2D eigenvalue weighted by Gasteiger charge is -2.39. The van der Waals surface area contributed by atoms with Crippen LogP contribution in [-0.2, 0) is 0 Å². The molecule has 1 unspecified atom stereocenters. The molecule has 1 aliphatic rings. The van der Waals surface area contributed by atoms with Gasteiger partial charge in [0.2, 0.25) is 0 Å². The number of anilines is 1. The van der Waals surface area contributed by atoms with Crippen molar-refractivity contribution >= 4 is 11.5 Å². The number of nitrogens with two attached hydrogens (primary N) is 1. The van der Waals surface area contributed by atoms with Crippen LogP contribution in [0.2, 0.25) is 0 Å². The average molecular weight is 249 g/mol. The molecule has 0 amide bonds. The standard InChI is InChI=1S/C12H19N5O/c1-9-8-16(2)5-6-17(9)10-3-4-14-11(7-10)12(13)15-18/h3-4,7,9,18H,5-6,8H2,1-2H3,(H2,13,15). The maximum absolute atomic E-state index is 8.68. The SMILES string of the molecule is CC1CN(C)CCN1c1ccnc(/C(N)=N/O)c1. The van der Waals surface area contributed by atoms with Gasteiger partial charge in [-0.1, -0.05) is 5.16 Å². The van der Waals surface area contributed by atoms with Gasteiger partial charge in [-0.15, -0.1) is 0 Å². The lowest BCUT2D eigenvalue weighted by Crippen LogP contribution is -2.50. The van der Waals surface area contributed by atoms with Crippen molar-refractivity contribution in [3.63, 3.8) is 0 Å². The summed E-state index contributed by atoms with van der Waals surface area (Å²) in [6.45, 7) is 5.23. The van der Waals surface area contributed by atoms with Gasteiger partial charge in [0.1, 0.15) is 5.69 Å². The van der Waals surface area contributed by atoms with Crippen LogP contribution in [-0.4, -0.2) is 53.7 Å². The summed E-state index contributed by atoms with van der Waals surface area (Å²) in [5, 5.41) is 11.7. The molecule has 1 atom stereocenters. The van der Waals surface area contributed by atoms with Crippen LogP contribution in [0.15, 0.2) is 23.5 Å². The van der Waals surface area contributed by atoms with Crippen molar-refractivity contribution in [2.75, 3.05) is 31.6 Å². The number of oxime groups is 1. The fraction of sp³-hybridized carbons (Fsp3) is 0.500. The molecule has 6 heteroatoms. The average Bonchev–Trinajstić information content (AvgIpc) is 2.38. The zero-order valence-electron chi connectivity index (χ0n) is 10.7. The van der Waals surface area contributed by atoms with Crippen molar-refractivity contribution in [2.45, 2.75) is 13.0 Å². The molecule has 1 saturated heterocycles. The van der Waals surface area contributed by atoms with E-state index in [4.69, 9.17) is 10.9 Å². The molecule has 0 saturated carbocycles. The van der Waals surface area contributed by atoms with Crippen molar-refractivity contribution < 1.29 is 5.21 Å². The number of amidine groups is 1. The minimum absolute atomic E-state index is 0.0404. The van der Waals surface area contributed by atoms with E-state index in [2.05, 4.69) is 33.9 Å². The molecule has 6 nitrogen and oxygen atoms in total. The van der Waals surface area contributed by atoms with Gasteiger partial charge >= 0.3 is 0 Å². The van der Waals surface area contributed by atoms with E-state index in [1.165, 1.54) is 0 Å². The smallest absolute Gasteiger partial charge is 0.188 e. The summed E-state index contributed by atoms with van der Waals surface area (Å²) in [5.74, 6) is 0.0404. The molecule has 0 bridgehead atoms. The van der Waals surface area contributed by atoms with E-state index in [9.17, 15) is 0 Å². The largest absolute Gasteiger partial charge is 0.409 e. The first-order chi connectivity index (χ1) is 8.61. The highest BCUT2D eigenvalue weighted by molar-refractivity contribution is 5.95. The van der Waals surface area contributed by atoms with Crippen molar-refractivity contribution in [3.8, 4) is 0 Å². The summed E-state index contributed by atoms with van der Waals surface area (Å²) < 4.78 is 0. The van der Waals surface area contributed by atoms with Crippen LogP contribution in [0, 0.1) is 0 Å². The minimum atomic E-state index is 0.0404. The number of pyridine rings is 1. The highest BCUT2D eigenvalue weighted by Gasteiger charge is 2.22. The van der Waals surface area contributed by atoms with Crippen LogP contribution in [0.5, 0.6) is 0 Å². The predicted octanol–water partition coefficient (Wildman–Crippen LogP) is 0.316. The van der Waals surface area contributed by atoms with Gasteiger partial charge in [-0.05, 0) is 26.1 Å². The van der Waals surface area contributed by atoms with Crippen LogP contribution in [0.3, 0.4) is 0 Å². The Kier molecular flexibility index (Phi) is 3.66. The first-order valence-corrected chi connectivity index (χ1v) is 6.01. The van der Waals surface area contributed by atoms with Gasteiger partial charge in [-0.3, -0.25) is 4.98 Å². The number of rotatable bonds is 2. The molecule has 1 aromatic heterocycles. The zero-order valence-corrected chi connectivity index (χ0v) is 10.7. The monoisotopic (exact) mass is 249 g/mol. The molecule has 1 aliphatic heterocycles. The zero-order chi connectivity index (χ0) is 13.1. The Balaban J connectivity index is 2.23. The summed E-state index contributed by atoms with van der Waals surface area (Å²) in [4.78, 5) is 8.72. The molecule has 2 rings (SSSR count). The first-order valence-electron chi connectivity index (χ1n) is 6.01. The second-order valence-corrected chi connectivity index (χ2v) is 4.69. The molecule has 18 heavy (non-hydrogen) atoms. The third kappa shape index (κ3) is 2.53. The topological polar surface area (TPSA) is 78.0 Å². The van der Waals surface area contributed by atoms with E-state index in [1.54, 1.807) is 6.20 Å². The number of hydrogen-bond donors (Lipinski definition) is 2. The number of piperazine rings is 1. The molecule has 2 heterocycles. The third-order valence-electron chi connectivity index (χ3n) is 3.28. The molecular formula is C12H19N5O. The van der Waals surface area contributed by atoms with E-state index in [-0.39, 0.29) is 5.84 Å². The number of aromatic nitrogens is 1. The molecule has 0 radical (unpaired) electrons. The Bertz CT molecular complexity index is 448. The maximum atomic E-state index is 8.68. The fourth-order valence-electron chi connectivity index (χ4n) is 2.31. The molecule has 1 aromatic rings. The van der Waals surface area contributed by atoms with Gasteiger partial charge < -0.3 is 20.7 Å². The summed E-state index contributed by atoms with van der Waals surface area (Å²) in [6, 6.07) is 4.25. The van der Waals surface area contributed by atoms with Crippen LogP contribution in [0.25, 0.3) is 0 Å². The molecule has 3 N–H and O–H groups in total. The van der Waals surface area contributed by atoms with Gasteiger partial charge in [0.25, 0.3) is 0 Å². The van der Waals surface area contributed by atoms with Gasteiger partial charge in [0, 0.05) is 37.6 Å². The van der Waals surface area contributed by atoms with Crippen molar-refractivity contribution in [2.24, 2.45) is 10.9 Å². The molecule has 0 spiro atoms. The molecule has 0 aromatic carbocycles. The highest BCUT2D eigenvalue weighted by atomic mass is 16.4. The normalized spacial score (nSPS) is 22.2. The fourth-order valence-corrected chi connectivity index (χ4v) is 2.31. The van der Waals surface area contributed by atoms with E-state index in [0.29, 0.717) is 11.7 Å². The van der Waals surface area contributed by atoms with Crippen molar-refractivity contribution in [1.29, 1.82) is 0 Å². The number of hydrogen-bond acceptors (Lipinski definition) is 5. The Morgan fingerprint density at radius 1 is 1.56 bits per heavy atom. The van der Waals surface area contributed by atoms with Crippen molar-refractivity contribution in [3.05, 3.63) is 24.0 Å². The van der Waals surface area contributed by atoms with Gasteiger partial charge in [-0.2, -0.15) is 0 Å². The van der Waals surface area contributed by atoms with E-state index in [1.807, 2.05) is 12.1 Å². The highest BCUT2D eigenvalue weighted by Crippen LogP contribution is 2.20. The minimum Gasteiger partial charge on any atom is -0.409 e. The van der Waals surface area contributed by atoms with E-state index >= 15 is 0 Å². The first kappa shape index (κ1) is 12.6.